The lowest BCUT2D eigenvalue weighted by Crippen LogP contribution is -2.31. The summed E-state index contributed by atoms with van der Waals surface area (Å²) in [7, 11) is 1.35. The summed E-state index contributed by atoms with van der Waals surface area (Å²) in [6.07, 6.45) is 0.0211. The lowest BCUT2D eigenvalue weighted by Gasteiger charge is -2.16. The third-order valence-electron chi connectivity index (χ3n) is 3.77. The summed E-state index contributed by atoms with van der Waals surface area (Å²) >= 11 is 0. The number of halogens is 1. The zero-order valence-corrected chi connectivity index (χ0v) is 11.6. The molecule has 1 aromatic rings. The highest BCUT2D eigenvalue weighted by Gasteiger charge is 2.37. The van der Waals surface area contributed by atoms with Crippen LogP contribution in [0, 0.1) is 17.7 Å². The normalized spacial score (nSPS) is 21.9. The Morgan fingerprint density at radius 1 is 1.35 bits per heavy atom. The predicted octanol–water partition coefficient (Wildman–Crippen LogP) is 1.64. The molecule has 4 nitrogen and oxygen atoms in total. The molecule has 1 fully saturated rings. The molecule has 0 bridgehead atoms. The van der Waals surface area contributed by atoms with Crippen molar-refractivity contribution in [2.45, 2.75) is 13.3 Å². The maximum atomic E-state index is 13.5. The van der Waals surface area contributed by atoms with Crippen LogP contribution in [0.25, 0.3) is 0 Å². The zero-order chi connectivity index (χ0) is 14.7. The predicted molar refractivity (Wildman–Crippen MR) is 71.4 cm³/mol. The van der Waals surface area contributed by atoms with Gasteiger partial charge in [0.2, 0.25) is 5.91 Å². The van der Waals surface area contributed by atoms with Crippen LogP contribution < -0.4 is 0 Å². The minimum absolute atomic E-state index is 0.0211. The van der Waals surface area contributed by atoms with E-state index in [0.717, 1.165) is 0 Å². The summed E-state index contributed by atoms with van der Waals surface area (Å²) in [6.45, 7) is 2.77. The number of amides is 1. The van der Waals surface area contributed by atoms with E-state index in [2.05, 4.69) is 0 Å². The third-order valence-corrected chi connectivity index (χ3v) is 3.77. The number of nitrogens with zero attached hydrogens (tertiary/aromatic N) is 1. The molecule has 0 N–H and O–H groups in total. The summed E-state index contributed by atoms with van der Waals surface area (Å²) < 4.78 is 18.3. The first-order chi connectivity index (χ1) is 9.52. The van der Waals surface area contributed by atoms with E-state index in [-0.39, 0.29) is 36.0 Å². The van der Waals surface area contributed by atoms with Crippen LogP contribution in [0.3, 0.4) is 0 Å². The molecule has 108 valence electrons. The van der Waals surface area contributed by atoms with E-state index in [4.69, 9.17) is 4.74 Å². The van der Waals surface area contributed by atoms with Gasteiger partial charge in [0.05, 0.1) is 19.4 Å². The van der Waals surface area contributed by atoms with Gasteiger partial charge in [-0.25, -0.2) is 4.39 Å². The molecule has 1 amide bonds. The Morgan fingerprint density at radius 2 is 2.05 bits per heavy atom. The number of carbonyl (C=O) groups excluding carboxylic acids is 2. The molecule has 2 unspecified atom stereocenters. The summed E-state index contributed by atoms with van der Waals surface area (Å²) in [5, 5.41) is 0. The molecule has 1 aromatic carbocycles. The van der Waals surface area contributed by atoms with Gasteiger partial charge in [0.1, 0.15) is 5.82 Å². The van der Waals surface area contributed by atoms with Gasteiger partial charge in [-0.05, 0) is 17.5 Å². The van der Waals surface area contributed by atoms with E-state index in [1.54, 1.807) is 23.1 Å². The van der Waals surface area contributed by atoms with Crippen molar-refractivity contribution in [3.63, 3.8) is 0 Å². The summed E-state index contributed by atoms with van der Waals surface area (Å²) in [6, 6.07) is 6.24. The maximum Gasteiger partial charge on any atom is 0.310 e. The Balaban J connectivity index is 2.01. The van der Waals surface area contributed by atoms with E-state index in [0.29, 0.717) is 18.7 Å². The second-order valence-electron chi connectivity index (χ2n) is 5.17. The van der Waals surface area contributed by atoms with Gasteiger partial charge in [-0.1, -0.05) is 25.1 Å². The fourth-order valence-electron chi connectivity index (χ4n) is 2.55. The lowest BCUT2D eigenvalue weighted by atomic mass is 9.99. The molecule has 0 saturated carbocycles. The van der Waals surface area contributed by atoms with Gasteiger partial charge in [-0.2, -0.15) is 0 Å². The molecule has 0 aromatic heterocycles. The zero-order valence-electron chi connectivity index (χ0n) is 11.6. The number of hydrogen-bond donors (Lipinski definition) is 0. The van der Waals surface area contributed by atoms with Crippen LogP contribution in [0.15, 0.2) is 24.3 Å². The van der Waals surface area contributed by atoms with Gasteiger partial charge in [-0.15, -0.1) is 0 Å². The monoisotopic (exact) mass is 279 g/mol. The smallest absolute Gasteiger partial charge is 0.310 e. The van der Waals surface area contributed by atoms with Crippen LogP contribution >= 0.6 is 0 Å². The SMILES string of the molecule is COC(=O)C1CN(C(=O)Cc2ccccc2F)CC1C. The number of methoxy groups -OCH3 is 1. The number of likely N-dealkylation sites (tertiary alicyclic amines) is 1. The number of benzene rings is 1. The number of ether oxygens (including phenoxy) is 1. The second-order valence-corrected chi connectivity index (χ2v) is 5.17. The largest absolute Gasteiger partial charge is 0.469 e. The van der Waals surface area contributed by atoms with Crippen LogP contribution in [-0.2, 0) is 20.7 Å². The van der Waals surface area contributed by atoms with Crippen LogP contribution in [0.2, 0.25) is 0 Å². The summed E-state index contributed by atoms with van der Waals surface area (Å²) in [5.41, 5.74) is 0.381. The van der Waals surface area contributed by atoms with Crippen LogP contribution in [0.4, 0.5) is 4.39 Å². The number of hydrogen-bond acceptors (Lipinski definition) is 3. The second kappa shape index (κ2) is 6.03. The van der Waals surface area contributed by atoms with Gasteiger partial charge in [0.15, 0.2) is 0 Å². The Bertz CT molecular complexity index is 518. The number of esters is 1. The first-order valence-corrected chi connectivity index (χ1v) is 6.62. The fraction of sp³-hybridized carbons (Fsp3) is 0.467. The van der Waals surface area contributed by atoms with Crippen molar-refractivity contribution in [1.82, 2.24) is 4.90 Å². The average molecular weight is 279 g/mol. The van der Waals surface area contributed by atoms with Crippen molar-refractivity contribution >= 4 is 11.9 Å². The van der Waals surface area contributed by atoms with Crippen molar-refractivity contribution in [1.29, 1.82) is 0 Å². The average Bonchev–Trinajstić information content (AvgIpc) is 2.82. The van der Waals surface area contributed by atoms with Crippen LogP contribution in [0.1, 0.15) is 12.5 Å². The first-order valence-electron chi connectivity index (χ1n) is 6.62. The maximum absolute atomic E-state index is 13.5. The molecule has 5 heteroatoms. The molecule has 20 heavy (non-hydrogen) atoms. The molecule has 0 spiro atoms. The van der Waals surface area contributed by atoms with Crippen molar-refractivity contribution in [3.05, 3.63) is 35.6 Å². The molecule has 2 rings (SSSR count). The molecule has 0 aliphatic carbocycles. The quantitative estimate of drug-likeness (QED) is 0.790. The van der Waals surface area contributed by atoms with E-state index >= 15 is 0 Å². The Labute approximate surface area is 117 Å². The minimum Gasteiger partial charge on any atom is -0.469 e. The summed E-state index contributed by atoms with van der Waals surface area (Å²) in [5.74, 6) is -1.05. The van der Waals surface area contributed by atoms with Gasteiger partial charge in [0, 0.05) is 13.1 Å². The van der Waals surface area contributed by atoms with Crippen molar-refractivity contribution < 1.29 is 18.7 Å². The van der Waals surface area contributed by atoms with E-state index in [9.17, 15) is 14.0 Å². The van der Waals surface area contributed by atoms with Gasteiger partial charge in [-0.3, -0.25) is 9.59 Å². The number of rotatable bonds is 3. The standard InChI is InChI=1S/C15H18FNO3/c1-10-8-17(9-12(10)15(19)20-2)14(18)7-11-5-3-4-6-13(11)16/h3-6,10,12H,7-9H2,1-2H3. The lowest BCUT2D eigenvalue weighted by molar-refractivity contribution is -0.146. The van der Waals surface area contributed by atoms with E-state index in [1.165, 1.54) is 13.2 Å². The fourth-order valence-corrected chi connectivity index (χ4v) is 2.55. The van der Waals surface area contributed by atoms with Crippen LogP contribution in [-0.4, -0.2) is 37.0 Å². The van der Waals surface area contributed by atoms with Crippen LogP contribution in [0.5, 0.6) is 0 Å². The molecule has 1 aliphatic rings. The molecule has 1 aliphatic heterocycles. The van der Waals surface area contributed by atoms with E-state index in [1.807, 2.05) is 6.92 Å². The molecule has 1 saturated heterocycles. The Hall–Kier alpha value is -1.91. The highest BCUT2D eigenvalue weighted by molar-refractivity contribution is 5.81. The number of carbonyl (C=O) groups is 2. The topological polar surface area (TPSA) is 46.6 Å². The third kappa shape index (κ3) is 2.98. The van der Waals surface area contributed by atoms with E-state index < -0.39 is 0 Å². The van der Waals surface area contributed by atoms with Crippen molar-refractivity contribution in [2.75, 3.05) is 20.2 Å². The molecule has 0 radical (unpaired) electrons. The molecular weight excluding hydrogens is 261 g/mol. The summed E-state index contributed by atoms with van der Waals surface area (Å²) in [4.78, 5) is 25.4. The molecule has 2 atom stereocenters. The minimum atomic E-state index is -0.377. The van der Waals surface area contributed by atoms with Crippen molar-refractivity contribution in [3.8, 4) is 0 Å². The van der Waals surface area contributed by atoms with Gasteiger partial charge < -0.3 is 9.64 Å². The highest BCUT2D eigenvalue weighted by Crippen LogP contribution is 2.24. The molecular formula is C15H18FNO3. The van der Waals surface area contributed by atoms with Gasteiger partial charge >= 0.3 is 5.97 Å². The Kier molecular flexibility index (Phi) is 4.37. The Morgan fingerprint density at radius 3 is 2.70 bits per heavy atom. The molecule has 1 heterocycles. The van der Waals surface area contributed by atoms with Crippen molar-refractivity contribution in [2.24, 2.45) is 11.8 Å². The van der Waals surface area contributed by atoms with Gasteiger partial charge in [0.25, 0.3) is 0 Å². The highest BCUT2D eigenvalue weighted by atomic mass is 19.1. The first kappa shape index (κ1) is 14.5.